The fourth-order valence-corrected chi connectivity index (χ4v) is 6.30. The molecule has 3 N–H and O–H groups in total. The average molecular weight is 499 g/mol. The third-order valence-corrected chi connectivity index (χ3v) is 8.37. The van der Waals surface area contributed by atoms with Gasteiger partial charge in [-0.3, -0.25) is 4.90 Å². The van der Waals surface area contributed by atoms with E-state index in [2.05, 4.69) is 10.2 Å². The molecule has 0 aromatic heterocycles. The van der Waals surface area contributed by atoms with Crippen LogP contribution in [0.5, 0.6) is 0 Å². The molecule has 3 atom stereocenters. The Morgan fingerprint density at radius 2 is 2.00 bits per heavy atom. The lowest BCUT2D eigenvalue weighted by Crippen LogP contribution is -2.52. The van der Waals surface area contributed by atoms with Crippen molar-refractivity contribution in [2.45, 2.75) is 82.0 Å². The fourth-order valence-electron chi connectivity index (χ4n) is 6.13. The maximum Gasteiger partial charge on any atom is 0.147 e. The third-order valence-electron chi connectivity index (χ3n) is 8.08. The molecule has 34 heavy (non-hydrogen) atoms. The van der Waals surface area contributed by atoms with Crippen LogP contribution in [-0.4, -0.2) is 67.7 Å². The first kappa shape index (κ1) is 27.8. The molecule has 0 amide bonds. The number of unbranched alkanes of at least 4 members (excludes halogenated alkanes) is 1. The summed E-state index contributed by atoms with van der Waals surface area (Å²) >= 11 is 6.14. The lowest BCUT2D eigenvalue weighted by molar-refractivity contribution is -0.0713. The highest BCUT2D eigenvalue weighted by molar-refractivity contribution is 6.30. The van der Waals surface area contributed by atoms with Crippen molar-refractivity contribution in [2.75, 3.05) is 40.4 Å². The van der Waals surface area contributed by atoms with Crippen molar-refractivity contribution in [2.24, 2.45) is 11.8 Å². The lowest BCUT2D eigenvalue weighted by atomic mass is 9.73. The first-order chi connectivity index (χ1) is 16.4. The Labute approximate surface area is 210 Å². The summed E-state index contributed by atoms with van der Waals surface area (Å²) < 4.78 is 20.4. The number of methoxy groups -OCH3 is 1. The number of halogens is 2. The number of rotatable bonds is 12. The Hall–Kier alpha value is -0.760. The molecule has 1 aliphatic heterocycles. The standard InChI is InChI=1S/C27H44ClFN2O3/c1-30-18-22(17-20-10-12-23(32)13-11-20)31-15-6-7-21(19-31)27(33,14-3-4-16-34-2)24-8-5-9-25(28)26(24)29/h5,8-9,20-23,30,32-33H,3-4,6-7,10-19H2,1-2H3/t20?,21-,22+,23?,27+/m1/s1. The van der Waals surface area contributed by atoms with Crippen LogP contribution in [0, 0.1) is 17.7 Å². The number of aliphatic hydroxyl groups is 2. The van der Waals surface area contributed by atoms with Crippen LogP contribution in [-0.2, 0) is 10.3 Å². The molecule has 1 aromatic rings. The summed E-state index contributed by atoms with van der Waals surface area (Å²) in [6, 6.07) is 5.36. The van der Waals surface area contributed by atoms with Gasteiger partial charge in [0.15, 0.2) is 0 Å². The van der Waals surface area contributed by atoms with Crippen molar-refractivity contribution < 1.29 is 19.3 Å². The molecular weight excluding hydrogens is 455 g/mol. The molecule has 2 fully saturated rings. The summed E-state index contributed by atoms with van der Waals surface area (Å²) in [5, 5.41) is 25.4. The minimum absolute atomic E-state index is 0.0630. The zero-order chi connectivity index (χ0) is 24.6. The largest absolute Gasteiger partial charge is 0.393 e. The molecule has 194 valence electrons. The Kier molecular flexibility index (Phi) is 11.1. The summed E-state index contributed by atoms with van der Waals surface area (Å²) in [6.07, 6.45) is 8.84. The van der Waals surface area contributed by atoms with E-state index in [4.69, 9.17) is 16.3 Å². The molecule has 2 aliphatic rings. The van der Waals surface area contributed by atoms with Crippen LogP contribution in [0.3, 0.4) is 0 Å². The molecule has 1 saturated carbocycles. The van der Waals surface area contributed by atoms with Crippen molar-refractivity contribution in [3.05, 3.63) is 34.6 Å². The van der Waals surface area contributed by atoms with Crippen molar-refractivity contribution in [3.8, 4) is 0 Å². The molecule has 7 heteroatoms. The van der Waals surface area contributed by atoms with Gasteiger partial charge in [0.05, 0.1) is 16.7 Å². The van der Waals surface area contributed by atoms with Crippen LogP contribution in [0.4, 0.5) is 4.39 Å². The predicted octanol–water partition coefficient (Wildman–Crippen LogP) is 4.72. The van der Waals surface area contributed by atoms with Gasteiger partial charge in [0, 0.05) is 44.3 Å². The van der Waals surface area contributed by atoms with Gasteiger partial charge in [-0.15, -0.1) is 0 Å². The van der Waals surface area contributed by atoms with E-state index in [9.17, 15) is 10.2 Å². The van der Waals surface area contributed by atoms with Gasteiger partial charge in [-0.1, -0.05) is 23.7 Å². The number of ether oxygens (including phenoxy) is 1. The molecular formula is C27H44ClFN2O3. The monoisotopic (exact) mass is 498 g/mol. The van der Waals surface area contributed by atoms with Gasteiger partial charge < -0.3 is 20.3 Å². The number of hydrogen-bond acceptors (Lipinski definition) is 5. The van der Waals surface area contributed by atoms with Crippen molar-refractivity contribution in [3.63, 3.8) is 0 Å². The summed E-state index contributed by atoms with van der Waals surface area (Å²) in [6.45, 7) is 3.26. The number of hydrogen-bond donors (Lipinski definition) is 3. The Bertz CT molecular complexity index is 747. The van der Waals surface area contributed by atoms with Gasteiger partial charge in [0.25, 0.3) is 0 Å². The lowest BCUT2D eigenvalue weighted by Gasteiger charge is -2.46. The second kappa shape index (κ2) is 13.5. The SMILES string of the molecule is CNC[C@H](CC1CCC(O)CC1)N1CCC[C@@H]([C@@](O)(CCCCOC)c2cccc(Cl)c2F)C1. The highest BCUT2D eigenvalue weighted by atomic mass is 35.5. The smallest absolute Gasteiger partial charge is 0.147 e. The number of aliphatic hydroxyl groups excluding tert-OH is 1. The molecule has 0 unspecified atom stereocenters. The second-order valence-electron chi connectivity index (χ2n) is 10.4. The third kappa shape index (κ3) is 7.14. The maximum atomic E-state index is 15.2. The number of nitrogens with zero attached hydrogens (tertiary/aromatic N) is 1. The summed E-state index contributed by atoms with van der Waals surface area (Å²) in [5.41, 5.74) is -0.934. The van der Waals surface area contributed by atoms with Gasteiger partial charge in [-0.05, 0) is 89.8 Å². The van der Waals surface area contributed by atoms with E-state index in [-0.39, 0.29) is 17.0 Å². The molecule has 0 bridgehead atoms. The maximum absolute atomic E-state index is 15.2. The summed E-state index contributed by atoms with van der Waals surface area (Å²) in [4.78, 5) is 2.51. The van der Waals surface area contributed by atoms with Gasteiger partial charge in [0.2, 0.25) is 0 Å². The number of benzene rings is 1. The Balaban J connectivity index is 1.78. The average Bonchev–Trinajstić information content (AvgIpc) is 2.84. The molecule has 5 nitrogen and oxygen atoms in total. The number of likely N-dealkylation sites (N-methyl/N-ethyl adjacent to an activating group) is 1. The highest BCUT2D eigenvalue weighted by Gasteiger charge is 2.43. The van der Waals surface area contributed by atoms with E-state index in [1.54, 1.807) is 25.3 Å². The molecule has 1 saturated heterocycles. The van der Waals surface area contributed by atoms with E-state index in [0.717, 1.165) is 77.4 Å². The quantitative estimate of drug-likeness (QED) is 0.364. The molecule has 1 aliphatic carbocycles. The molecule has 1 aromatic carbocycles. The van der Waals surface area contributed by atoms with Crippen LogP contribution in [0.2, 0.25) is 5.02 Å². The van der Waals surface area contributed by atoms with Crippen LogP contribution in [0.25, 0.3) is 0 Å². The Morgan fingerprint density at radius 3 is 2.71 bits per heavy atom. The Morgan fingerprint density at radius 1 is 1.24 bits per heavy atom. The van der Waals surface area contributed by atoms with E-state index < -0.39 is 11.4 Å². The van der Waals surface area contributed by atoms with E-state index in [1.807, 2.05) is 7.05 Å². The summed E-state index contributed by atoms with van der Waals surface area (Å²) in [7, 11) is 3.67. The molecule has 0 radical (unpaired) electrons. The second-order valence-corrected chi connectivity index (χ2v) is 10.8. The summed E-state index contributed by atoms with van der Waals surface area (Å²) in [5.74, 6) is 0.0628. The van der Waals surface area contributed by atoms with Gasteiger partial charge in [-0.2, -0.15) is 0 Å². The van der Waals surface area contributed by atoms with Gasteiger partial charge >= 0.3 is 0 Å². The van der Waals surface area contributed by atoms with Crippen molar-refractivity contribution in [1.29, 1.82) is 0 Å². The number of piperidine rings is 1. The van der Waals surface area contributed by atoms with Crippen molar-refractivity contribution >= 4 is 11.6 Å². The van der Waals surface area contributed by atoms with E-state index in [0.29, 0.717) is 30.6 Å². The van der Waals surface area contributed by atoms with Gasteiger partial charge in [-0.25, -0.2) is 4.39 Å². The van der Waals surface area contributed by atoms with Crippen LogP contribution >= 0.6 is 11.6 Å². The highest BCUT2D eigenvalue weighted by Crippen LogP contribution is 2.42. The zero-order valence-corrected chi connectivity index (χ0v) is 21.7. The fraction of sp³-hybridized carbons (Fsp3) is 0.778. The first-order valence-corrected chi connectivity index (χ1v) is 13.5. The predicted molar refractivity (Wildman–Crippen MR) is 136 cm³/mol. The van der Waals surface area contributed by atoms with E-state index >= 15 is 4.39 Å². The minimum atomic E-state index is -1.26. The zero-order valence-electron chi connectivity index (χ0n) is 20.9. The molecule has 1 heterocycles. The van der Waals surface area contributed by atoms with Gasteiger partial charge in [0.1, 0.15) is 5.82 Å². The normalized spacial score (nSPS) is 26.8. The number of nitrogens with one attached hydrogen (secondary N) is 1. The van der Waals surface area contributed by atoms with Crippen LogP contribution in [0.1, 0.15) is 69.8 Å². The van der Waals surface area contributed by atoms with Crippen LogP contribution < -0.4 is 5.32 Å². The molecule has 0 spiro atoms. The van der Waals surface area contributed by atoms with Crippen molar-refractivity contribution in [1.82, 2.24) is 10.2 Å². The molecule has 3 rings (SSSR count). The minimum Gasteiger partial charge on any atom is -0.393 e. The number of likely N-dealkylation sites (tertiary alicyclic amines) is 1. The van der Waals surface area contributed by atoms with E-state index in [1.165, 1.54) is 0 Å². The first-order valence-electron chi connectivity index (χ1n) is 13.1. The van der Waals surface area contributed by atoms with Crippen LogP contribution in [0.15, 0.2) is 18.2 Å². The topological polar surface area (TPSA) is 65.0 Å².